The van der Waals surface area contributed by atoms with Crippen LogP contribution in [0.3, 0.4) is 0 Å². The van der Waals surface area contributed by atoms with Crippen molar-refractivity contribution in [2.75, 3.05) is 47.5 Å². The Hall–Kier alpha value is -1.97. The zero-order valence-corrected chi connectivity index (χ0v) is 71.9. The number of aliphatic carboxylic acids is 1. The third kappa shape index (κ3) is 89.1. The van der Waals surface area contributed by atoms with Crippen LogP contribution in [0.4, 0.5) is 0 Å². The summed E-state index contributed by atoms with van der Waals surface area (Å²) in [6.07, 6.45) is 110. The maximum atomic E-state index is 13.0. The lowest BCUT2D eigenvalue weighted by atomic mass is 10.0. The average Bonchev–Trinajstić information content (AvgIpc) is 1.18. The van der Waals surface area contributed by atoms with E-state index in [9.17, 15) is 19.5 Å². The first-order valence-corrected chi connectivity index (χ1v) is 47.8. The second-order valence-electron chi connectivity index (χ2n) is 34.4. The molecule has 2 atom stereocenters. The smallest absolute Gasteiger partial charge is 0.306 e. The fourth-order valence-corrected chi connectivity index (χ4v) is 15.3. The number of ether oxygens (including phenoxy) is 4. The number of quaternary nitrogens is 1. The highest BCUT2D eigenvalue weighted by atomic mass is 16.7. The molecule has 0 aromatic rings. The molecule has 0 spiro atoms. The first-order valence-electron chi connectivity index (χ1n) is 47.8. The molecule has 0 aromatic carbocycles. The van der Waals surface area contributed by atoms with Crippen molar-refractivity contribution in [3.05, 3.63) is 12.2 Å². The molecule has 9 nitrogen and oxygen atoms in total. The van der Waals surface area contributed by atoms with Gasteiger partial charge in [-0.25, -0.2) is 0 Å². The predicted molar refractivity (Wildman–Crippen MR) is 454 cm³/mol. The third-order valence-corrected chi connectivity index (χ3v) is 22.5. The molecule has 105 heavy (non-hydrogen) atoms. The topological polar surface area (TPSA) is 111 Å². The molecule has 0 amide bonds. The maximum Gasteiger partial charge on any atom is 0.306 e. The second kappa shape index (κ2) is 87.6. The largest absolute Gasteiger partial charge is 0.545 e. The van der Waals surface area contributed by atoms with Crippen LogP contribution in [-0.4, -0.2) is 82.3 Å². The second-order valence-corrected chi connectivity index (χ2v) is 34.4. The van der Waals surface area contributed by atoms with E-state index in [1.165, 1.54) is 462 Å². The monoisotopic (exact) mass is 1480 g/mol. The average molecular weight is 1480 g/mol. The molecule has 0 aliphatic carbocycles. The van der Waals surface area contributed by atoms with Crippen LogP contribution in [0.1, 0.15) is 528 Å². The molecular weight excluding hydrogens is 1300 g/mol. The number of allylic oxidation sites excluding steroid dienone is 2. The van der Waals surface area contributed by atoms with Crippen molar-refractivity contribution in [1.29, 1.82) is 0 Å². The molecule has 0 aliphatic heterocycles. The van der Waals surface area contributed by atoms with Gasteiger partial charge in [0.25, 0.3) is 0 Å². The number of hydrogen-bond donors (Lipinski definition) is 0. The Labute approximate surface area is 656 Å². The molecule has 9 heteroatoms. The van der Waals surface area contributed by atoms with E-state index in [2.05, 4.69) is 26.0 Å². The van der Waals surface area contributed by atoms with Crippen molar-refractivity contribution in [3.8, 4) is 0 Å². The van der Waals surface area contributed by atoms with E-state index in [0.29, 0.717) is 17.4 Å². The van der Waals surface area contributed by atoms with Crippen molar-refractivity contribution in [2.24, 2.45) is 0 Å². The lowest BCUT2D eigenvalue weighted by Gasteiger charge is -2.26. The molecule has 0 fully saturated rings. The van der Waals surface area contributed by atoms with Crippen LogP contribution >= 0.6 is 0 Å². The van der Waals surface area contributed by atoms with Gasteiger partial charge in [-0.3, -0.25) is 9.59 Å². The van der Waals surface area contributed by atoms with Crippen LogP contribution in [0.25, 0.3) is 0 Å². The quantitative estimate of drug-likeness (QED) is 0.0195. The summed E-state index contributed by atoms with van der Waals surface area (Å²) in [5.41, 5.74) is 0. The number of carbonyl (C=O) groups is 3. The van der Waals surface area contributed by atoms with Crippen LogP contribution in [0.2, 0.25) is 0 Å². The number of carbonyl (C=O) groups excluding carboxylic acids is 3. The van der Waals surface area contributed by atoms with E-state index in [1.807, 2.05) is 21.1 Å². The highest BCUT2D eigenvalue weighted by molar-refractivity contribution is 5.70. The minimum atomic E-state index is -1.62. The number of carboxylic acids is 1. The van der Waals surface area contributed by atoms with Gasteiger partial charge in [-0.2, -0.15) is 0 Å². The number of carboxylic acid groups (broad SMARTS) is 1. The van der Waals surface area contributed by atoms with Gasteiger partial charge in [0.05, 0.1) is 40.3 Å². The van der Waals surface area contributed by atoms with Gasteiger partial charge in [0.15, 0.2) is 12.4 Å². The zero-order valence-electron chi connectivity index (χ0n) is 71.9. The Balaban J connectivity index is 3.84. The minimum absolute atomic E-state index is 0.153. The van der Waals surface area contributed by atoms with Gasteiger partial charge in [0.2, 0.25) is 0 Å². The molecule has 0 N–H and O–H groups in total. The molecule has 0 aromatic heterocycles. The van der Waals surface area contributed by atoms with Gasteiger partial charge in [0.1, 0.15) is 13.2 Å². The van der Waals surface area contributed by atoms with E-state index < -0.39 is 24.3 Å². The fourth-order valence-electron chi connectivity index (χ4n) is 15.3. The number of rotatable bonds is 92. The Bertz CT molecular complexity index is 1730. The van der Waals surface area contributed by atoms with Crippen molar-refractivity contribution in [1.82, 2.24) is 0 Å². The fraction of sp³-hybridized carbons (Fsp3) is 0.948. The van der Waals surface area contributed by atoms with Gasteiger partial charge >= 0.3 is 11.9 Å². The summed E-state index contributed by atoms with van der Waals surface area (Å²) in [6, 6.07) is 0. The summed E-state index contributed by atoms with van der Waals surface area (Å²) in [7, 11) is 5.97. The first kappa shape index (κ1) is 103. The van der Waals surface area contributed by atoms with Crippen LogP contribution in [-0.2, 0) is 33.3 Å². The van der Waals surface area contributed by atoms with Crippen LogP contribution in [0.15, 0.2) is 12.2 Å². The number of hydrogen-bond acceptors (Lipinski definition) is 8. The summed E-state index contributed by atoms with van der Waals surface area (Å²) < 4.78 is 23.0. The van der Waals surface area contributed by atoms with E-state index in [0.717, 1.165) is 38.5 Å². The van der Waals surface area contributed by atoms with Crippen molar-refractivity contribution < 1.29 is 42.9 Å². The van der Waals surface area contributed by atoms with E-state index in [1.54, 1.807) is 0 Å². The normalized spacial score (nSPS) is 12.5. The lowest BCUT2D eigenvalue weighted by Crippen LogP contribution is -2.44. The minimum Gasteiger partial charge on any atom is -0.545 e. The summed E-state index contributed by atoms with van der Waals surface area (Å²) in [4.78, 5) is 37.7. The number of nitrogens with zero attached hydrogens (tertiary/aromatic N) is 1. The molecular formula is C96H187NO8. The molecule has 0 aliphatic rings. The Morgan fingerprint density at radius 1 is 0.276 bits per heavy atom. The SMILES string of the molecule is CCCCCCCCCC/C=C\CCCCCCCCCCCCCCCCCCCCCCCCCCCCCCCC(=O)OC(COC(=O)CCCCCCCCCCCCCCCCCCCCCCCCCCCCCCCCCCCCCCCCC)COC(OCC[N+](C)(C)C)C(=O)[O-]. The van der Waals surface area contributed by atoms with Crippen LogP contribution in [0.5, 0.6) is 0 Å². The molecule has 2 unspecified atom stereocenters. The molecule has 0 saturated heterocycles. The molecule has 0 heterocycles. The third-order valence-electron chi connectivity index (χ3n) is 22.5. The zero-order chi connectivity index (χ0) is 76.0. The molecule has 0 rings (SSSR count). The van der Waals surface area contributed by atoms with Crippen LogP contribution < -0.4 is 5.11 Å². The Morgan fingerprint density at radius 2 is 0.486 bits per heavy atom. The summed E-state index contributed by atoms with van der Waals surface area (Å²) >= 11 is 0. The highest BCUT2D eigenvalue weighted by Gasteiger charge is 2.22. The van der Waals surface area contributed by atoms with E-state index >= 15 is 0 Å². The van der Waals surface area contributed by atoms with Gasteiger partial charge in [-0.05, 0) is 38.5 Å². The summed E-state index contributed by atoms with van der Waals surface area (Å²) in [6.45, 7) is 4.86. The van der Waals surface area contributed by atoms with Gasteiger partial charge in [-0.1, -0.05) is 488 Å². The number of esters is 2. The van der Waals surface area contributed by atoms with Gasteiger partial charge in [-0.15, -0.1) is 0 Å². The summed E-state index contributed by atoms with van der Waals surface area (Å²) in [5, 5.41) is 11.9. The number of unbranched alkanes of at least 4 members (excludes halogenated alkanes) is 75. The summed E-state index contributed by atoms with van der Waals surface area (Å²) in [5.74, 6) is -2.24. The van der Waals surface area contributed by atoms with Gasteiger partial charge < -0.3 is 33.3 Å². The molecule has 624 valence electrons. The lowest BCUT2D eigenvalue weighted by molar-refractivity contribution is -0.870. The maximum absolute atomic E-state index is 13.0. The standard InChI is InChI=1S/C96H187NO8/c1-6-8-10-12-14-16-18-20-22-24-26-28-30-32-34-36-38-40-42-44-46-47-49-51-53-55-57-59-61-63-65-67-69-71-73-75-77-79-81-83-85-87-94(99)105-92(91-104-96(95(100)101)102-89-88-97(3,4)5)90-103-93(98)86-84-82-80-78-76-74-72-70-68-66-64-62-60-58-56-54-52-50-48-45-43-41-39-37-35-33-31-29-27-25-23-21-19-17-15-13-11-9-7-2/h24,26,92,96H,6-23,25,27-91H2,1-5H3/b26-24-. The van der Waals surface area contributed by atoms with Crippen molar-refractivity contribution in [3.63, 3.8) is 0 Å². The molecule has 0 bridgehead atoms. The van der Waals surface area contributed by atoms with E-state index in [4.69, 9.17) is 18.9 Å². The molecule has 0 radical (unpaired) electrons. The highest BCUT2D eigenvalue weighted by Crippen LogP contribution is 2.22. The van der Waals surface area contributed by atoms with E-state index in [-0.39, 0.29) is 32.2 Å². The first-order chi connectivity index (χ1) is 51.6. The Kier molecular flexibility index (Phi) is 86.0. The molecule has 0 saturated carbocycles. The predicted octanol–water partition coefficient (Wildman–Crippen LogP) is 30.1. The number of likely N-dealkylation sites (N-methyl/N-ethyl adjacent to an activating group) is 1. The Morgan fingerprint density at radius 3 is 0.705 bits per heavy atom. The van der Waals surface area contributed by atoms with Crippen molar-refractivity contribution >= 4 is 17.9 Å². The van der Waals surface area contributed by atoms with Crippen molar-refractivity contribution in [2.45, 2.75) is 540 Å². The van der Waals surface area contributed by atoms with Crippen LogP contribution in [0, 0.1) is 0 Å². The van der Waals surface area contributed by atoms with Gasteiger partial charge in [0, 0.05) is 12.8 Å².